The molecule has 0 bridgehead atoms. The summed E-state index contributed by atoms with van der Waals surface area (Å²) in [5, 5.41) is 8.88. The third kappa shape index (κ3) is 3.00. The van der Waals surface area contributed by atoms with Crippen molar-refractivity contribution in [1.82, 2.24) is 9.80 Å². The molecule has 0 radical (unpaired) electrons. The van der Waals surface area contributed by atoms with Crippen molar-refractivity contribution in [3.05, 3.63) is 0 Å². The van der Waals surface area contributed by atoms with Crippen LogP contribution < -0.4 is 0 Å². The van der Waals surface area contributed by atoms with E-state index >= 15 is 0 Å². The Hall–Kier alpha value is -1.43. The van der Waals surface area contributed by atoms with Gasteiger partial charge >= 0.3 is 5.97 Å². The Morgan fingerprint density at radius 3 is 2.70 bits per heavy atom. The summed E-state index contributed by atoms with van der Waals surface area (Å²) in [5.41, 5.74) is 0. The number of hydrogen-bond donors (Lipinski definition) is 1. The molecule has 20 heavy (non-hydrogen) atoms. The van der Waals surface area contributed by atoms with E-state index in [2.05, 4.69) is 4.90 Å². The van der Waals surface area contributed by atoms with Gasteiger partial charge in [0.2, 0.25) is 11.8 Å². The van der Waals surface area contributed by atoms with Crippen molar-refractivity contribution in [3.8, 4) is 0 Å². The topological polar surface area (TPSA) is 77.9 Å². The van der Waals surface area contributed by atoms with E-state index in [0.717, 1.165) is 19.4 Å². The Morgan fingerprint density at radius 1 is 1.45 bits per heavy atom. The molecule has 2 aliphatic rings. The third-order valence-electron chi connectivity index (χ3n) is 4.59. The highest BCUT2D eigenvalue weighted by molar-refractivity contribution is 6.05. The van der Waals surface area contributed by atoms with Crippen LogP contribution >= 0.6 is 0 Å². The molecule has 3 atom stereocenters. The van der Waals surface area contributed by atoms with Gasteiger partial charge in [-0.25, -0.2) is 0 Å². The van der Waals surface area contributed by atoms with Gasteiger partial charge in [-0.2, -0.15) is 0 Å². The lowest BCUT2D eigenvalue weighted by atomic mass is 9.84. The van der Waals surface area contributed by atoms with E-state index in [1.165, 1.54) is 11.9 Å². The molecule has 2 rings (SSSR count). The number of likely N-dealkylation sites (tertiary alicyclic amines) is 2. The summed E-state index contributed by atoms with van der Waals surface area (Å²) in [6, 6.07) is -0.340. The fourth-order valence-electron chi connectivity index (χ4n) is 3.25. The molecule has 6 nitrogen and oxygen atoms in total. The molecule has 2 amide bonds. The largest absolute Gasteiger partial charge is 0.481 e. The van der Waals surface area contributed by atoms with E-state index in [1.54, 1.807) is 0 Å². The van der Waals surface area contributed by atoms with Crippen LogP contribution in [0.5, 0.6) is 0 Å². The zero-order chi connectivity index (χ0) is 14.9. The zero-order valence-corrected chi connectivity index (χ0v) is 12.0. The molecular weight excluding hydrogens is 260 g/mol. The second-order valence-corrected chi connectivity index (χ2v) is 5.98. The lowest BCUT2D eigenvalue weighted by Gasteiger charge is -2.37. The predicted octanol–water partition coefficient (Wildman–Crippen LogP) is 0.566. The molecule has 0 aliphatic carbocycles. The molecule has 2 fully saturated rings. The molecule has 2 saturated heterocycles. The van der Waals surface area contributed by atoms with Crippen molar-refractivity contribution in [1.29, 1.82) is 0 Å². The third-order valence-corrected chi connectivity index (χ3v) is 4.59. The molecule has 0 aromatic rings. The normalized spacial score (nSPS) is 29.8. The average molecular weight is 282 g/mol. The fraction of sp³-hybridized carbons (Fsp3) is 0.786. The molecule has 0 spiro atoms. The van der Waals surface area contributed by atoms with Gasteiger partial charge in [0, 0.05) is 20.0 Å². The second kappa shape index (κ2) is 5.91. The predicted molar refractivity (Wildman–Crippen MR) is 71.9 cm³/mol. The number of likely N-dealkylation sites (N-methyl/N-ethyl adjacent to an activating group) is 1. The maximum absolute atomic E-state index is 12.0. The molecule has 3 unspecified atom stereocenters. The Labute approximate surface area is 118 Å². The number of rotatable bonds is 4. The van der Waals surface area contributed by atoms with Gasteiger partial charge in [0.05, 0.1) is 12.5 Å². The van der Waals surface area contributed by atoms with Gasteiger partial charge in [0.25, 0.3) is 0 Å². The van der Waals surface area contributed by atoms with Crippen LogP contribution in [0.15, 0.2) is 0 Å². The summed E-state index contributed by atoms with van der Waals surface area (Å²) in [6.45, 7) is 3.48. The number of carboxylic acid groups (broad SMARTS) is 1. The fourth-order valence-corrected chi connectivity index (χ4v) is 3.25. The number of nitrogens with zero attached hydrogens (tertiary/aromatic N) is 2. The zero-order valence-electron chi connectivity index (χ0n) is 12.0. The summed E-state index contributed by atoms with van der Waals surface area (Å²) in [4.78, 5) is 37.7. The SMILES string of the molecule is CC(CC(=O)O)C1CCCN(C2CC(=O)N(C)C2=O)C1. The number of carbonyl (C=O) groups excluding carboxylic acids is 2. The smallest absolute Gasteiger partial charge is 0.303 e. The van der Waals surface area contributed by atoms with Crippen molar-refractivity contribution in [3.63, 3.8) is 0 Å². The van der Waals surface area contributed by atoms with Crippen LogP contribution in [0.2, 0.25) is 0 Å². The molecule has 0 aromatic carbocycles. The van der Waals surface area contributed by atoms with Crippen molar-refractivity contribution in [2.75, 3.05) is 20.1 Å². The number of aliphatic carboxylic acids is 1. The quantitative estimate of drug-likeness (QED) is 0.763. The highest BCUT2D eigenvalue weighted by atomic mass is 16.4. The molecule has 112 valence electrons. The van der Waals surface area contributed by atoms with E-state index in [0.29, 0.717) is 6.54 Å². The van der Waals surface area contributed by atoms with Gasteiger partial charge in [-0.15, -0.1) is 0 Å². The van der Waals surface area contributed by atoms with Crippen molar-refractivity contribution in [2.45, 2.75) is 38.6 Å². The number of carbonyl (C=O) groups is 3. The van der Waals surface area contributed by atoms with Gasteiger partial charge in [-0.1, -0.05) is 6.92 Å². The van der Waals surface area contributed by atoms with Gasteiger partial charge in [0.1, 0.15) is 0 Å². The first-order chi connectivity index (χ1) is 9.40. The highest BCUT2D eigenvalue weighted by Gasteiger charge is 2.41. The summed E-state index contributed by atoms with van der Waals surface area (Å²) >= 11 is 0. The van der Waals surface area contributed by atoms with Crippen LogP contribution in [-0.4, -0.2) is 58.9 Å². The summed E-state index contributed by atoms with van der Waals surface area (Å²) in [6.07, 6.45) is 2.37. The molecule has 6 heteroatoms. The number of carboxylic acids is 1. The lowest BCUT2D eigenvalue weighted by Crippen LogP contribution is -2.47. The Kier molecular flexibility index (Phi) is 4.42. The van der Waals surface area contributed by atoms with Crippen LogP contribution in [0, 0.1) is 11.8 Å². The van der Waals surface area contributed by atoms with Crippen molar-refractivity contribution in [2.24, 2.45) is 11.8 Å². The molecule has 2 aliphatic heterocycles. The first-order valence-electron chi connectivity index (χ1n) is 7.16. The number of hydrogen-bond acceptors (Lipinski definition) is 4. The standard InChI is InChI=1S/C14H22N2O4/c1-9(6-13(18)19)10-4-3-5-16(8-10)11-7-12(17)15(2)14(11)20/h9-11H,3-8H2,1-2H3,(H,18,19). The molecule has 2 heterocycles. The van der Waals surface area contributed by atoms with E-state index in [-0.39, 0.29) is 42.5 Å². The molecule has 0 saturated carbocycles. The maximum Gasteiger partial charge on any atom is 0.303 e. The molecule has 0 aromatic heterocycles. The van der Waals surface area contributed by atoms with Crippen LogP contribution in [0.3, 0.4) is 0 Å². The van der Waals surface area contributed by atoms with E-state index in [9.17, 15) is 14.4 Å². The average Bonchev–Trinajstić information content (AvgIpc) is 2.66. The van der Waals surface area contributed by atoms with Crippen molar-refractivity contribution < 1.29 is 19.5 Å². The van der Waals surface area contributed by atoms with Gasteiger partial charge < -0.3 is 5.11 Å². The first kappa shape index (κ1) is 15.0. The number of imide groups is 1. The summed E-state index contributed by atoms with van der Waals surface area (Å²) in [5.74, 6) is -0.641. The molecule has 1 N–H and O–H groups in total. The second-order valence-electron chi connectivity index (χ2n) is 5.98. The Morgan fingerprint density at radius 2 is 2.15 bits per heavy atom. The minimum absolute atomic E-state index is 0.0974. The van der Waals surface area contributed by atoms with Gasteiger partial charge in [-0.05, 0) is 31.2 Å². The van der Waals surface area contributed by atoms with E-state index in [4.69, 9.17) is 5.11 Å². The number of piperidine rings is 1. The molecular formula is C14H22N2O4. The van der Waals surface area contributed by atoms with E-state index in [1.807, 2.05) is 6.92 Å². The minimum atomic E-state index is -0.776. The first-order valence-corrected chi connectivity index (χ1v) is 7.16. The lowest BCUT2D eigenvalue weighted by molar-refractivity contribution is -0.140. The van der Waals surface area contributed by atoms with Gasteiger partial charge in [0.15, 0.2) is 0 Å². The maximum atomic E-state index is 12.0. The highest BCUT2D eigenvalue weighted by Crippen LogP contribution is 2.29. The van der Waals surface area contributed by atoms with Crippen molar-refractivity contribution >= 4 is 17.8 Å². The van der Waals surface area contributed by atoms with Crippen LogP contribution in [0.25, 0.3) is 0 Å². The van der Waals surface area contributed by atoms with E-state index < -0.39 is 5.97 Å². The minimum Gasteiger partial charge on any atom is -0.481 e. The van der Waals surface area contributed by atoms with Crippen LogP contribution in [0.4, 0.5) is 0 Å². The number of amides is 2. The summed E-state index contributed by atoms with van der Waals surface area (Å²) in [7, 11) is 1.53. The monoisotopic (exact) mass is 282 g/mol. The Bertz CT molecular complexity index is 423. The van der Waals surface area contributed by atoms with Gasteiger partial charge in [-0.3, -0.25) is 24.2 Å². The summed E-state index contributed by atoms with van der Waals surface area (Å²) < 4.78 is 0. The Balaban J connectivity index is 1.99. The van der Waals surface area contributed by atoms with Crippen LogP contribution in [0.1, 0.15) is 32.6 Å². The van der Waals surface area contributed by atoms with Crippen LogP contribution in [-0.2, 0) is 14.4 Å².